The third-order valence-corrected chi connectivity index (χ3v) is 4.56. The second kappa shape index (κ2) is 7.24. The Morgan fingerprint density at radius 2 is 1.61 bits per heavy atom. The lowest BCUT2D eigenvalue weighted by atomic mass is 10.1. The number of amides is 1. The van der Waals surface area contributed by atoms with Crippen molar-refractivity contribution >= 4 is 34.8 Å². The fraction of sp³-hybridized carbons (Fsp3) is 0.278. The van der Waals surface area contributed by atoms with Gasteiger partial charge in [0, 0.05) is 41.9 Å². The first kappa shape index (κ1) is 16.2. The van der Waals surface area contributed by atoms with Crippen LogP contribution < -0.4 is 4.90 Å². The van der Waals surface area contributed by atoms with Crippen molar-refractivity contribution < 1.29 is 4.79 Å². The molecule has 2 aromatic rings. The van der Waals surface area contributed by atoms with Gasteiger partial charge >= 0.3 is 0 Å². The Morgan fingerprint density at radius 3 is 2.26 bits per heavy atom. The number of nitrogens with zero attached hydrogens (tertiary/aromatic N) is 2. The van der Waals surface area contributed by atoms with Crippen molar-refractivity contribution in [1.82, 2.24) is 4.90 Å². The molecule has 0 atom stereocenters. The number of anilines is 1. The van der Waals surface area contributed by atoms with E-state index < -0.39 is 0 Å². The van der Waals surface area contributed by atoms with Crippen LogP contribution in [0.1, 0.15) is 5.56 Å². The number of carbonyl (C=O) groups is 1. The molecule has 120 valence electrons. The zero-order chi connectivity index (χ0) is 16.2. The largest absolute Gasteiger partial charge is 0.368 e. The molecule has 0 unspecified atom stereocenters. The fourth-order valence-corrected chi connectivity index (χ4v) is 3.09. The molecule has 1 saturated heterocycles. The number of hydrogen-bond acceptors (Lipinski definition) is 2. The van der Waals surface area contributed by atoms with E-state index in [0.717, 1.165) is 42.5 Å². The van der Waals surface area contributed by atoms with Crippen LogP contribution in [0.15, 0.2) is 48.5 Å². The minimum Gasteiger partial charge on any atom is -0.368 e. The topological polar surface area (TPSA) is 23.6 Å². The number of rotatable bonds is 3. The zero-order valence-electron chi connectivity index (χ0n) is 12.7. The molecule has 1 aliphatic heterocycles. The molecule has 0 N–H and O–H groups in total. The summed E-state index contributed by atoms with van der Waals surface area (Å²) in [6, 6.07) is 15.3. The first-order valence-electron chi connectivity index (χ1n) is 7.64. The van der Waals surface area contributed by atoms with Crippen molar-refractivity contribution in [2.24, 2.45) is 0 Å². The second-order valence-electron chi connectivity index (χ2n) is 5.65. The van der Waals surface area contributed by atoms with E-state index in [1.165, 1.54) is 0 Å². The highest BCUT2D eigenvalue weighted by Gasteiger charge is 2.21. The van der Waals surface area contributed by atoms with E-state index in [4.69, 9.17) is 23.2 Å². The molecular weight excluding hydrogens is 331 g/mol. The first-order chi connectivity index (χ1) is 11.1. The van der Waals surface area contributed by atoms with Crippen molar-refractivity contribution in [2.75, 3.05) is 31.1 Å². The fourth-order valence-electron chi connectivity index (χ4n) is 2.78. The van der Waals surface area contributed by atoms with Crippen molar-refractivity contribution in [2.45, 2.75) is 6.42 Å². The number of benzene rings is 2. The van der Waals surface area contributed by atoms with Crippen LogP contribution in [0.5, 0.6) is 0 Å². The molecule has 1 fully saturated rings. The van der Waals surface area contributed by atoms with Crippen LogP contribution in [0, 0.1) is 0 Å². The van der Waals surface area contributed by atoms with Crippen LogP contribution in [0.2, 0.25) is 10.0 Å². The summed E-state index contributed by atoms with van der Waals surface area (Å²) in [6.07, 6.45) is 0.425. The van der Waals surface area contributed by atoms with Gasteiger partial charge in [-0.3, -0.25) is 4.79 Å². The highest BCUT2D eigenvalue weighted by Crippen LogP contribution is 2.21. The van der Waals surface area contributed by atoms with Gasteiger partial charge in [-0.15, -0.1) is 0 Å². The standard InChI is InChI=1S/C18H18Cl2N2O/c19-15-6-4-14(5-7-15)12-18(23)22-10-8-21(9-11-22)17-3-1-2-16(20)13-17/h1-7,13H,8-12H2. The van der Waals surface area contributed by atoms with Crippen LogP contribution in [-0.4, -0.2) is 37.0 Å². The van der Waals surface area contributed by atoms with E-state index in [0.29, 0.717) is 11.4 Å². The molecule has 0 aliphatic carbocycles. The predicted octanol–water partition coefficient (Wildman–Crippen LogP) is 3.88. The summed E-state index contributed by atoms with van der Waals surface area (Å²) in [6.45, 7) is 3.12. The maximum Gasteiger partial charge on any atom is 0.227 e. The Bertz CT molecular complexity index is 680. The van der Waals surface area contributed by atoms with Crippen LogP contribution in [0.4, 0.5) is 5.69 Å². The SMILES string of the molecule is O=C(Cc1ccc(Cl)cc1)N1CCN(c2cccc(Cl)c2)CC1. The van der Waals surface area contributed by atoms with E-state index >= 15 is 0 Å². The Hall–Kier alpha value is -1.71. The summed E-state index contributed by atoms with van der Waals surface area (Å²) in [4.78, 5) is 16.6. The van der Waals surface area contributed by atoms with E-state index in [2.05, 4.69) is 11.0 Å². The van der Waals surface area contributed by atoms with Crippen LogP contribution >= 0.6 is 23.2 Å². The molecule has 0 saturated carbocycles. The minimum atomic E-state index is 0.165. The van der Waals surface area contributed by atoms with Gasteiger partial charge in [-0.05, 0) is 35.9 Å². The highest BCUT2D eigenvalue weighted by molar-refractivity contribution is 6.31. The van der Waals surface area contributed by atoms with Gasteiger partial charge in [0.05, 0.1) is 6.42 Å². The van der Waals surface area contributed by atoms with Gasteiger partial charge in [0.1, 0.15) is 0 Å². The smallest absolute Gasteiger partial charge is 0.227 e. The quantitative estimate of drug-likeness (QED) is 0.840. The molecule has 0 spiro atoms. The van der Waals surface area contributed by atoms with E-state index in [9.17, 15) is 4.79 Å². The number of halogens is 2. The van der Waals surface area contributed by atoms with Gasteiger partial charge in [-0.2, -0.15) is 0 Å². The Morgan fingerprint density at radius 1 is 0.913 bits per heavy atom. The molecule has 3 rings (SSSR count). The lowest BCUT2D eigenvalue weighted by molar-refractivity contribution is -0.130. The monoisotopic (exact) mass is 348 g/mol. The minimum absolute atomic E-state index is 0.165. The van der Waals surface area contributed by atoms with Gasteiger partial charge in [-0.25, -0.2) is 0 Å². The van der Waals surface area contributed by atoms with Gasteiger partial charge in [0.25, 0.3) is 0 Å². The molecule has 5 heteroatoms. The first-order valence-corrected chi connectivity index (χ1v) is 8.40. The molecule has 2 aromatic carbocycles. The van der Waals surface area contributed by atoms with E-state index in [1.54, 1.807) is 0 Å². The number of hydrogen-bond donors (Lipinski definition) is 0. The summed E-state index contributed by atoms with van der Waals surface area (Å²) in [5.74, 6) is 0.165. The molecule has 0 aromatic heterocycles. The summed E-state index contributed by atoms with van der Waals surface area (Å²) < 4.78 is 0. The molecule has 23 heavy (non-hydrogen) atoms. The molecule has 3 nitrogen and oxygen atoms in total. The van der Waals surface area contributed by atoms with Crippen LogP contribution in [-0.2, 0) is 11.2 Å². The summed E-state index contributed by atoms with van der Waals surface area (Å²) in [5.41, 5.74) is 2.11. The highest BCUT2D eigenvalue weighted by atomic mass is 35.5. The molecule has 1 amide bonds. The van der Waals surface area contributed by atoms with Gasteiger partial charge in [0.2, 0.25) is 5.91 Å². The molecule has 1 heterocycles. The van der Waals surface area contributed by atoms with Gasteiger partial charge < -0.3 is 9.80 Å². The van der Waals surface area contributed by atoms with Crippen molar-refractivity contribution in [3.63, 3.8) is 0 Å². The van der Waals surface area contributed by atoms with Crippen LogP contribution in [0.3, 0.4) is 0 Å². The summed E-state index contributed by atoms with van der Waals surface area (Å²) >= 11 is 11.9. The number of piperazine rings is 1. The predicted molar refractivity (Wildman–Crippen MR) is 95.4 cm³/mol. The molecular formula is C18H18Cl2N2O. The number of carbonyl (C=O) groups excluding carboxylic acids is 1. The lowest BCUT2D eigenvalue weighted by Crippen LogP contribution is -2.49. The van der Waals surface area contributed by atoms with Gasteiger partial charge in [0.15, 0.2) is 0 Å². The van der Waals surface area contributed by atoms with Crippen LogP contribution in [0.25, 0.3) is 0 Å². The third-order valence-electron chi connectivity index (χ3n) is 4.07. The molecule has 0 bridgehead atoms. The van der Waals surface area contributed by atoms with Crippen molar-refractivity contribution in [3.05, 3.63) is 64.1 Å². The molecule has 1 aliphatic rings. The third kappa shape index (κ3) is 4.18. The zero-order valence-corrected chi connectivity index (χ0v) is 14.2. The average molecular weight is 349 g/mol. The summed E-state index contributed by atoms with van der Waals surface area (Å²) in [5, 5.41) is 1.43. The Balaban J connectivity index is 1.56. The van der Waals surface area contributed by atoms with Crippen molar-refractivity contribution in [1.29, 1.82) is 0 Å². The van der Waals surface area contributed by atoms with E-state index in [1.807, 2.05) is 47.4 Å². The average Bonchev–Trinajstić information content (AvgIpc) is 2.57. The molecule has 0 radical (unpaired) electrons. The Kier molecular flexibility index (Phi) is 5.09. The summed E-state index contributed by atoms with van der Waals surface area (Å²) in [7, 11) is 0. The van der Waals surface area contributed by atoms with E-state index in [-0.39, 0.29) is 5.91 Å². The Labute approximate surface area is 146 Å². The maximum atomic E-state index is 12.4. The van der Waals surface area contributed by atoms with Crippen molar-refractivity contribution in [3.8, 4) is 0 Å². The normalized spacial score (nSPS) is 14.9. The maximum absolute atomic E-state index is 12.4. The second-order valence-corrected chi connectivity index (χ2v) is 6.52. The van der Waals surface area contributed by atoms with Gasteiger partial charge in [-0.1, -0.05) is 41.4 Å². The lowest BCUT2D eigenvalue weighted by Gasteiger charge is -2.36.